The van der Waals surface area contributed by atoms with E-state index in [9.17, 15) is 5.11 Å². The largest absolute Gasteiger partial charge is 0.493 e. The number of fused-ring (bicyclic) bond motifs is 1. The highest BCUT2D eigenvalue weighted by Gasteiger charge is 2.24. The molecule has 2 aromatic rings. The minimum absolute atomic E-state index is 0.326. The normalized spacial score (nSPS) is 19.9. The Kier molecular flexibility index (Phi) is 3.25. The number of ether oxygens (including phenoxy) is 1. The van der Waals surface area contributed by atoms with Gasteiger partial charge in [0, 0.05) is 0 Å². The van der Waals surface area contributed by atoms with Gasteiger partial charge in [0.25, 0.3) is 0 Å². The first-order chi connectivity index (χ1) is 8.84. The summed E-state index contributed by atoms with van der Waals surface area (Å²) in [5.74, 6) is 1.27. The van der Waals surface area contributed by atoms with Crippen molar-refractivity contribution in [2.75, 3.05) is 6.61 Å². The molecule has 1 aliphatic rings. The summed E-state index contributed by atoms with van der Waals surface area (Å²) in [5.41, 5.74) is 1.86. The number of aliphatic hydroxyl groups excluding tert-OH is 1. The fraction of sp³-hybridized carbons (Fsp3) is 0.385. The molecule has 18 heavy (non-hydrogen) atoms. The van der Waals surface area contributed by atoms with E-state index in [0.717, 1.165) is 23.9 Å². The van der Waals surface area contributed by atoms with E-state index in [-0.39, 0.29) is 0 Å². The van der Waals surface area contributed by atoms with Crippen LogP contribution >= 0.6 is 11.7 Å². The fourth-order valence-corrected chi connectivity index (χ4v) is 2.84. The lowest BCUT2D eigenvalue weighted by atomic mass is 9.88. The van der Waals surface area contributed by atoms with Gasteiger partial charge in [0.1, 0.15) is 11.4 Å². The highest BCUT2D eigenvalue weighted by molar-refractivity contribution is 6.99. The van der Waals surface area contributed by atoms with Gasteiger partial charge in [-0.25, -0.2) is 0 Å². The van der Waals surface area contributed by atoms with Crippen molar-refractivity contribution in [3.8, 4) is 5.75 Å². The van der Waals surface area contributed by atoms with Crippen molar-refractivity contribution in [1.29, 1.82) is 0 Å². The van der Waals surface area contributed by atoms with Crippen LogP contribution in [-0.2, 0) is 0 Å². The van der Waals surface area contributed by atoms with Gasteiger partial charge >= 0.3 is 0 Å². The molecule has 0 fully saturated rings. The maximum atomic E-state index is 10.2. The Bertz CT molecular complexity index is 515. The molecular weight excluding hydrogens is 248 g/mol. The van der Waals surface area contributed by atoms with Gasteiger partial charge in [-0.2, -0.15) is 8.75 Å². The molecular formula is C13H14N2O2S. The van der Waals surface area contributed by atoms with Crippen molar-refractivity contribution < 1.29 is 9.84 Å². The number of rotatable bonds is 3. The highest BCUT2D eigenvalue weighted by Crippen LogP contribution is 2.38. The van der Waals surface area contributed by atoms with Crippen molar-refractivity contribution in [2.24, 2.45) is 0 Å². The molecule has 94 valence electrons. The summed E-state index contributed by atoms with van der Waals surface area (Å²) in [6.45, 7) is 0.712. The maximum absolute atomic E-state index is 10.2. The fourth-order valence-electron chi connectivity index (χ4n) is 2.37. The molecule has 0 aliphatic carbocycles. The first-order valence-electron chi connectivity index (χ1n) is 6.02. The molecule has 0 bridgehead atoms. The van der Waals surface area contributed by atoms with Crippen LogP contribution in [0.1, 0.15) is 36.1 Å². The summed E-state index contributed by atoms with van der Waals surface area (Å²) in [6.07, 6.45) is 2.71. The zero-order valence-corrected chi connectivity index (χ0v) is 10.6. The number of hydrogen-bond donors (Lipinski definition) is 1. The third-order valence-corrected chi connectivity index (χ3v) is 3.80. The number of aromatic nitrogens is 2. The Labute approximate surface area is 110 Å². The van der Waals surface area contributed by atoms with Gasteiger partial charge in [-0.1, -0.05) is 18.2 Å². The van der Waals surface area contributed by atoms with Gasteiger partial charge in [-0.15, -0.1) is 0 Å². The number of hydrogen-bond acceptors (Lipinski definition) is 5. The molecule has 2 unspecified atom stereocenters. The SMILES string of the molecule is OC(CC1CCOc2ccccc21)c1cnsn1. The summed E-state index contributed by atoms with van der Waals surface area (Å²) in [7, 11) is 0. The quantitative estimate of drug-likeness (QED) is 0.923. The molecule has 5 heteroatoms. The van der Waals surface area contributed by atoms with Crippen LogP contribution in [0.4, 0.5) is 0 Å². The lowest BCUT2D eigenvalue weighted by Gasteiger charge is -2.27. The van der Waals surface area contributed by atoms with Crippen LogP contribution in [0.15, 0.2) is 30.5 Å². The lowest BCUT2D eigenvalue weighted by Crippen LogP contribution is -2.16. The summed E-state index contributed by atoms with van der Waals surface area (Å²) >= 11 is 1.13. The Hall–Kier alpha value is -1.46. The zero-order chi connectivity index (χ0) is 12.4. The molecule has 1 aromatic heterocycles. The van der Waals surface area contributed by atoms with Crippen molar-refractivity contribution >= 4 is 11.7 Å². The van der Waals surface area contributed by atoms with E-state index in [0.29, 0.717) is 24.6 Å². The van der Waals surface area contributed by atoms with Gasteiger partial charge in [0.05, 0.1) is 30.6 Å². The lowest BCUT2D eigenvalue weighted by molar-refractivity contribution is 0.142. The average Bonchev–Trinajstić information content (AvgIpc) is 2.93. The molecule has 3 rings (SSSR count). The van der Waals surface area contributed by atoms with Gasteiger partial charge < -0.3 is 9.84 Å². The summed E-state index contributed by atoms with van der Waals surface area (Å²) in [5, 5.41) is 10.2. The molecule has 0 saturated carbocycles. The van der Waals surface area contributed by atoms with Crippen LogP contribution in [0.25, 0.3) is 0 Å². The van der Waals surface area contributed by atoms with Crippen molar-refractivity contribution in [3.63, 3.8) is 0 Å². The Morgan fingerprint density at radius 1 is 1.44 bits per heavy atom. The van der Waals surface area contributed by atoms with E-state index < -0.39 is 6.10 Å². The summed E-state index contributed by atoms with van der Waals surface area (Å²) in [6, 6.07) is 8.04. The molecule has 0 saturated heterocycles. The van der Waals surface area contributed by atoms with E-state index in [1.54, 1.807) is 6.20 Å². The monoisotopic (exact) mass is 262 g/mol. The van der Waals surface area contributed by atoms with Crippen LogP contribution in [0, 0.1) is 0 Å². The molecule has 1 aromatic carbocycles. The van der Waals surface area contributed by atoms with Gasteiger partial charge in [-0.05, 0) is 30.4 Å². The maximum Gasteiger partial charge on any atom is 0.122 e. The second-order valence-electron chi connectivity index (χ2n) is 4.46. The predicted octanol–water partition coefficient (Wildman–Crippen LogP) is 2.53. The van der Waals surface area contributed by atoms with Crippen LogP contribution < -0.4 is 4.74 Å². The summed E-state index contributed by atoms with van der Waals surface area (Å²) < 4.78 is 13.6. The topological polar surface area (TPSA) is 55.2 Å². The standard InChI is InChI=1S/C13H14N2O2S/c16-12(11-8-14-18-15-11)7-9-5-6-17-13-4-2-1-3-10(9)13/h1-4,8-9,12,16H,5-7H2. The molecule has 0 amide bonds. The Balaban J connectivity index is 1.78. The number of aliphatic hydroxyl groups is 1. The molecule has 2 atom stereocenters. The van der Waals surface area contributed by atoms with E-state index >= 15 is 0 Å². The van der Waals surface area contributed by atoms with Crippen LogP contribution in [-0.4, -0.2) is 20.5 Å². The number of para-hydroxylation sites is 1. The second kappa shape index (κ2) is 5.04. The highest BCUT2D eigenvalue weighted by atomic mass is 32.1. The van der Waals surface area contributed by atoms with Crippen molar-refractivity contribution in [1.82, 2.24) is 8.75 Å². The minimum atomic E-state index is -0.542. The first-order valence-corrected chi connectivity index (χ1v) is 6.75. The Morgan fingerprint density at radius 2 is 2.33 bits per heavy atom. The first kappa shape index (κ1) is 11.6. The second-order valence-corrected chi connectivity index (χ2v) is 5.01. The van der Waals surface area contributed by atoms with Crippen molar-refractivity contribution in [3.05, 3.63) is 41.7 Å². The van der Waals surface area contributed by atoms with Crippen LogP contribution in [0.5, 0.6) is 5.75 Å². The third kappa shape index (κ3) is 2.23. The molecule has 0 radical (unpaired) electrons. The van der Waals surface area contributed by atoms with Gasteiger partial charge in [0.2, 0.25) is 0 Å². The molecule has 2 heterocycles. The minimum Gasteiger partial charge on any atom is -0.493 e. The Morgan fingerprint density at radius 3 is 3.17 bits per heavy atom. The smallest absolute Gasteiger partial charge is 0.122 e. The molecule has 1 aliphatic heterocycles. The molecule has 0 spiro atoms. The van der Waals surface area contributed by atoms with Gasteiger partial charge in [-0.3, -0.25) is 0 Å². The predicted molar refractivity (Wildman–Crippen MR) is 68.8 cm³/mol. The number of benzene rings is 1. The van der Waals surface area contributed by atoms with Crippen LogP contribution in [0.2, 0.25) is 0 Å². The van der Waals surface area contributed by atoms with Crippen molar-refractivity contribution in [2.45, 2.75) is 24.9 Å². The molecule has 4 nitrogen and oxygen atoms in total. The van der Waals surface area contributed by atoms with E-state index in [4.69, 9.17) is 4.74 Å². The van der Waals surface area contributed by atoms with Gasteiger partial charge in [0.15, 0.2) is 0 Å². The van der Waals surface area contributed by atoms with E-state index in [1.807, 2.05) is 18.2 Å². The van der Waals surface area contributed by atoms with E-state index in [2.05, 4.69) is 14.8 Å². The molecule has 1 N–H and O–H groups in total. The average molecular weight is 262 g/mol. The van der Waals surface area contributed by atoms with E-state index in [1.165, 1.54) is 5.56 Å². The number of nitrogens with zero attached hydrogens (tertiary/aromatic N) is 2. The summed E-state index contributed by atoms with van der Waals surface area (Å²) in [4.78, 5) is 0. The van der Waals surface area contributed by atoms with Crippen LogP contribution in [0.3, 0.4) is 0 Å². The zero-order valence-electron chi connectivity index (χ0n) is 9.82. The third-order valence-electron chi connectivity index (χ3n) is 3.31.